The summed E-state index contributed by atoms with van der Waals surface area (Å²) in [6.07, 6.45) is -3.63. The number of H-pyrrole nitrogens is 1. The first kappa shape index (κ1) is 32.8. The molecule has 18 heteroatoms. The summed E-state index contributed by atoms with van der Waals surface area (Å²) in [4.78, 5) is 28.4. The number of pyridine rings is 1. The van der Waals surface area contributed by atoms with Gasteiger partial charge in [0.25, 0.3) is 0 Å². The molecule has 2 aromatic heterocycles. The molecule has 0 saturated heterocycles. The Bertz CT molecular complexity index is 1670. The van der Waals surface area contributed by atoms with Crippen LogP contribution in [0, 0.1) is 11.2 Å². The number of hydrogen-bond donors (Lipinski definition) is 6. The van der Waals surface area contributed by atoms with E-state index >= 15 is 4.39 Å². The fraction of sp³-hybridized carbons (Fsp3) is 0.192. The number of rotatable bonds is 10. The number of carbonyl (C=O) groups is 1. The van der Waals surface area contributed by atoms with Crippen molar-refractivity contribution >= 4 is 23.2 Å². The Balaban J connectivity index is 0.000000676. The van der Waals surface area contributed by atoms with Crippen molar-refractivity contribution in [2.24, 2.45) is 5.73 Å². The fourth-order valence-corrected chi connectivity index (χ4v) is 3.58. The fourth-order valence-electron chi connectivity index (χ4n) is 3.58. The maximum absolute atomic E-state index is 15.7. The third-order valence-electron chi connectivity index (χ3n) is 5.60. The number of alkyl halides is 4. The lowest BCUT2D eigenvalue weighted by atomic mass is 10.0. The molecule has 0 bridgehead atoms. The third-order valence-corrected chi connectivity index (χ3v) is 5.60. The Hall–Kier alpha value is -5.68. The smallest absolute Gasteiger partial charge is 0.490 e. The summed E-state index contributed by atoms with van der Waals surface area (Å²) in [7, 11) is 1.39. The summed E-state index contributed by atoms with van der Waals surface area (Å²) in [5.41, 5.74) is 12.0. The van der Waals surface area contributed by atoms with E-state index in [9.17, 15) is 22.4 Å². The van der Waals surface area contributed by atoms with Crippen molar-refractivity contribution < 1.29 is 41.3 Å². The van der Waals surface area contributed by atoms with Gasteiger partial charge in [-0.1, -0.05) is 0 Å². The Morgan fingerprint density at radius 1 is 1.23 bits per heavy atom. The molecule has 0 spiro atoms. The van der Waals surface area contributed by atoms with E-state index in [0.29, 0.717) is 11.3 Å². The highest BCUT2D eigenvalue weighted by atomic mass is 19.4. The van der Waals surface area contributed by atoms with Crippen LogP contribution >= 0.6 is 0 Å². The second-order valence-electron chi connectivity index (χ2n) is 8.58. The van der Waals surface area contributed by atoms with Gasteiger partial charge in [-0.05, 0) is 42.5 Å². The molecule has 44 heavy (non-hydrogen) atoms. The first-order chi connectivity index (χ1) is 20.8. The van der Waals surface area contributed by atoms with Gasteiger partial charge < -0.3 is 31.4 Å². The minimum Gasteiger partial charge on any atom is -0.497 e. The topological polar surface area (TPSA) is 207 Å². The van der Waals surface area contributed by atoms with Crippen molar-refractivity contribution in [1.82, 2.24) is 19.7 Å². The average Bonchev–Trinajstić information content (AvgIpc) is 3.36. The van der Waals surface area contributed by atoms with Gasteiger partial charge in [-0.15, -0.1) is 5.10 Å². The lowest BCUT2D eigenvalue weighted by Gasteiger charge is -2.21. The first-order valence-electron chi connectivity index (χ1n) is 12.2. The average molecular weight is 625 g/mol. The van der Waals surface area contributed by atoms with Gasteiger partial charge in [-0.3, -0.25) is 10.4 Å². The number of nitrogens with one attached hydrogen (secondary N) is 3. The van der Waals surface area contributed by atoms with Gasteiger partial charge in [0, 0.05) is 29.1 Å². The molecule has 0 aliphatic carbocycles. The van der Waals surface area contributed by atoms with E-state index in [4.69, 9.17) is 36.3 Å². The molecule has 0 saturated carbocycles. The van der Waals surface area contributed by atoms with E-state index in [2.05, 4.69) is 20.4 Å². The number of aromatic amines is 1. The van der Waals surface area contributed by atoms with Crippen LogP contribution in [-0.2, 0) is 4.79 Å². The quantitative estimate of drug-likeness (QED) is 0.0863. The number of methoxy groups -OCH3 is 1. The number of nitrogens with two attached hydrogens (primary N) is 2. The second kappa shape index (κ2) is 14.0. The van der Waals surface area contributed by atoms with Crippen LogP contribution in [0.3, 0.4) is 0 Å². The van der Waals surface area contributed by atoms with Crippen molar-refractivity contribution in [1.29, 1.82) is 5.41 Å². The minimum absolute atomic E-state index is 0.00116. The van der Waals surface area contributed by atoms with Gasteiger partial charge in [0.2, 0.25) is 0 Å². The molecule has 0 aliphatic rings. The standard InChI is InChI=1S/C24H24F2N8O3.C2HF3O2/c1-36-15-11-16(19(26)18(12-15)37-10-8-25)20(31-14-6-4-13(5-7-14)21(28)29)22-32-24(35)34(33-22)23-17(27)3-2-9-30-23;3-2(4,5)1(6)7/h2-7,9,11-12,20,31H,8,10,27H2,1H3,(H3,28,29)(H,32,33,35);(H,6,7). The van der Waals surface area contributed by atoms with Crippen LogP contribution in [0.2, 0.25) is 0 Å². The molecule has 0 fully saturated rings. The Morgan fingerprint density at radius 2 is 1.89 bits per heavy atom. The SMILES string of the molecule is COc1cc(OCCF)c(F)c(C(Nc2ccc(C(=N)N)cc2)c2nn(-c3ncccc3N)c(=O)[nH]2)c1.O=C(O)C(F)(F)F. The largest absolute Gasteiger partial charge is 0.497 e. The molecule has 13 nitrogen and oxygen atoms in total. The zero-order valence-corrected chi connectivity index (χ0v) is 22.7. The summed E-state index contributed by atoms with van der Waals surface area (Å²) < 4.78 is 71.7. The summed E-state index contributed by atoms with van der Waals surface area (Å²) in [5.74, 6) is -3.56. The lowest BCUT2D eigenvalue weighted by molar-refractivity contribution is -0.192. The van der Waals surface area contributed by atoms with E-state index in [1.807, 2.05) is 0 Å². The predicted octanol–water partition coefficient (Wildman–Crippen LogP) is 3.15. The molecule has 1 atom stereocenters. The normalized spacial score (nSPS) is 11.6. The van der Waals surface area contributed by atoms with E-state index < -0.39 is 36.4 Å². The number of aliphatic carboxylic acids is 1. The van der Waals surface area contributed by atoms with Crippen LogP contribution in [0.5, 0.6) is 11.5 Å². The van der Waals surface area contributed by atoms with Gasteiger partial charge in [0.1, 0.15) is 30.9 Å². The number of carboxylic acid groups (broad SMARTS) is 1. The summed E-state index contributed by atoms with van der Waals surface area (Å²) in [5, 5.41) is 22.2. The van der Waals surface area contributed by atoms with E-state index in [0.717, 1.165) is 4.68 Å². The van der Waals surface area contributed by atoms with Crippen molar-refractivity contribution in [3.63, 3.8) is 0 Å². The molecule has 0 amide bonds. The number of nitrogens with zero attached hydrogens (tertiary/aromatic N) is 3. The molecule has 4 rings (SSSR count). The monoisotopic (exact) mass is 624 g/mol. The Morgan fingerprint density at radius 3 is 2.43 bits per heavy atom. The van der Waals surface area contributed by atoms with Gasteiger partial charge in [-0.2, -0.15) is 17.9 Å². The van der Waals surface area contributed by atoms with Crippen LogP contribution in [-0.4, -0.2) is 63.2 Å². The van der Waals surface area contributed by atoms with Crippen LogP contribution in [0.15, 0.2) is 59.5 Å². The van der Waals surface area contributed by atoms with E-state index in [1.54, 1.807) is 36.4 Å². The van der Waals surface area contributed by atoms with Crippen LogP contribution in [0.25, 0.3) is 5.82 Å². The Kier molecular flexibility index (Phi) is 10.4. The van der Waals surface area contributed by atoms with Crippen LogP contribution in [0.1, 0.15) is 23.0 Å². The number of nitrogen functional groups attached to an aromatic ring is 2. The van der Waals surface area contributed by atoms with Gasteiger partial charge in [0.15, 0.2) is 23.2 Å². The molecule has 1 unspecified atom stereocenters. The maximum Gasteiger partial charge on any atom is 0.490 e. The number of aromatic nitrogens is 4. The van der Waals surface area contributed by atoms with E-state index in [-0.39, 0.29) is 46.8 Å². The first-order valence-corrected chi connectivity index (χ1v) is 12.2. The minimum atomic E-state index is -5.08. The number of halogens is 5. The van der Waals surface area contributed by atoms with Crippen molar-refractivity contribution in [3.05, 3.63) is 88.0 Å². The maximum atomic E-state index is 15.7. The summed E-state index contributed by atoms with van der Waals surface area (Å²) >= 11 is 0. The second-order valence-corrected chi connectivity index (χ2v) is 8.58. The number of benzene rings is 2. The van der Waals surface area contributed by atoms with Gasteiger partial charge in [-0.25, -0.2) is 23.4 Å². The number of ether oxygens (including phenoxy) is 2. The van der Waals surface area contributed by atoms with Crippen molar-refractivity contribution in [3.8, 4) is 17.3 Å². The molecule has 4 aromatic rings. The van der Waals surface area contributed by atoms with E-state index in [1.165, 1.54) is 25.4 Å². The zero-order valence-electron chi connectivity index (χ0n) is 22.7. The van der Waals surface area contributed by atoms with Gasteiger partial charge >= 0.3 is 17.8 Å². The lowest BCUT2D eigenvalue weighted by Crippen LogP contribution is -2.21. The number of amidine groups is 1. The molecular formula is C26H25F5N8O5. The predicted molar refractivity (Wildman–Crippen MR) is 147 cm³/mol. The molecular weight excluding hydrogens is 599 g/mol. The van der Waals surface area contributed by atoms with Crippen molar-refractivity contribution in [2.75, 3.05) is 31.4 Å². The number of hydrogen-bond acceptors (Lipinski definition) is 9. The molecule has 0 radical (unpaired) electrons. The molecule has 2 aromatic carbocycles. The highest BCUT2D eigenvalue weighted by molar-refractivity contribution is 5.95. The molecule has 2 heterocycles. The van der Waals surface area contributed by atoms with Gasteiger partial charge in [0.05, 0.1) is 12.8 Å². The Labute approximate surface area is 244 Å². The molecule has 234 valence electrons. The highest BCUT2D eigenvalue weighted by Crippen LogP contribution is 2.35. The number of carboxylic acids is 1. The zero-order chi connectivity index (χ0) is 32.6. The van der Waals surface area contributed by atoms with Crippen molar-refractivity contribution in [2.45, 2.75) is 12.2 Å². The number of anilines is 2. The summed E-state index contributed by atoms with van der Waals surface area (Å²) in [6.45, 7) is -1.18. The highest BCUT2D eigenvalue weighted by Gasteiger charge is 2.38. The molecule has 0 aliphatic heterocycles. The summed E-state index contributed by atoms with van der Waals surface area (Å²) in [6, 6.07) is 11.3. The third kappa shape index (κ3) is 7.99. The van der Waals surface area contributed by atoms with Crippen LogP contribution in [0.4, 0.5) is 33.3 Å². The van der Waals surface area contributed by atoms with Crippen LogP contribution < -0.4 is 31.9 Å². The molecule has 8 N–H and O–H groups in total.